The molecular formula is C16H24IN3O. The maximum atomic E-state index is 5.33. The molecular weight excluding hydrogens is 377 g/mol. The summed E-state index contributed by atoms with van der Waals surface area (Å²) in [5, 5.41) is 6.40. The van der Waals surface area contributed by atoms with E-state index in [2.05, 4.69) is 35.4 Å². The first-order valence-electron chi connectivity index (χ1n) is 6.97. The topological polar surface area (TPSA) is 45.6 Å². The molecule has 0 saturated heterocycles. The van der Waals surface area contributed by atoms with Gasteiger partial charge in [0.25, 0.3) is 0 Å². The van der Waals surface area contributed by atoms with Crippen LogP contribution in [0.5, 0.6) is 5.75 Å². The Bertz CT molecular complexity index is 444. The van der Waals surface area contributed by atoms with Crippen molar-refractivity contribution >= 4 is 29.9 Å². The largest absolute Gasteiger partial charge is 0.481 e. The monoisotopic (exact) mass is 401 g/mol. The van der Waals surface area contributed by atoms with Gasteiger partial charge < -0.3 is 15.4 Å². The SMILES string of the molecule is C#CCOc1ccc(CCN=C(NCC)NCC)cc1.I. The van der Waals surface area contributed by atoms with Crippen LogP contribution in [0.1, 0.15) is 19.4 Å². The van der Waals surface area contributed by atoms with Crippen molar-refractivity contribution in [1.29, 1.82) is 0 Å². The lowest BCUT2D eigenvalue weighted by molar-refractivity contribution is 0.370. The molecule has 0 heterocycles. The molecule has 5 heteroatoms. The molecule has 0 aliphatic rings. The summed E-state index contributed by atoms with van der Waals surface area (Å²) in [6.45, 7) is 6.90. The fourth-order valence-electron chi connectivity index (χ4n) is 1.68. The van der Waals surface area contributed by atoms with E-state index in [1.807, 2.05) is 24.3 Å². The van der Waals surface area contributed by atoms with Crippen molar-refractivity contribution < 1.29 is 4.74 Å². The number of ether oxygens (including phenoxy) is 1. The number of terminal acetylenes is 1. The van der Waals surface area contributed by atoms with E-state index in [0.29, 0.717) is 6.61 Å². The molecule has 21 heavy (non-hydrogen) atoms. The highest BCUT2D eigenvalue weighted by atomic mass is 127. The second-order valence-corrected chi connectivity index (χ2v) is 4.18. The minimum Gasteiger partial charge on any atom is -0.481 e. The zero-order valence-electron chi connectivity index (χ0n) is 12.7. The summed E-state index contributed by atoms with van der Waals surface area (Å²) in [6.07, 6.45) is 6.05. The highest BCUT2D eigenvalue weighted by Crippen LogP contribution is 2.12. The Morgan fingerprint density at radius 3 is 2.33 bits per heavy atom. The van der Waals surface area contributed by atoms with Gasteiger partial charge >= 0.3 is 0 Å². The van der Waals surface area contributed by atoms with E-state index in [-0.39, 0.29) is 24.0 Å². The summed E-state index contributed by atoms with van der Waals surface area (Å²) in [5.74, 6) is 4.11. The minimum absolute atomic E-state index is 0. The Balaban J connectivity index is 0.00000400. The molecule has 0 bridgehead atoms. The normalized spacial score (nSPS) is 9.00. The first-order valence-corrected chi connectivity index (χ1v) is 6.97. The van der Waals surface area contributed by atoms with Gasteiger partial charge in [-0.2, -0.15) is 0 Å². The predicted octanol–water partition coefficient (Wildman–Crippen LogP) is 2.43. The van der Waals surface area contributed by atoms with Crippen LogP contribution in [0, 0.1) is 12.3 Å². The molecule has 0 amide bonds. The van der Waals surface area contributed by atoms with Crippen LogP contribution in [0.15, 0.2) is 29.3 Å². The van der Waals surface area contributed by atoms with Crippen molar-refractivity contribution in [1.82, 2.24) is 10.6 Å². The Hall–Kier alpha value is -1.42. The van der Waals surface area contributed by atoms with E-state index >= 15 is 0 Å². The lowest BCUT2D eigenvalue weighted by Crippen LogP contribution is -2.37. The van der Waals surface area contributed by atoms with Gasteiger partial charge in [-0.3, -0.25) is 4.99 Å². The molecule has 0 aliphatic heterocycles. The van der Waals surface area contributed by atoms with Crippen LogP contribution < -0.4 is 15.4 Å². The number of guanidine groups is 1. The average molecular weight is 401 g/mol. The summed E-state index contributed by atoms with van der Waals surface area (Å²) in [4.78, 5) is 4.51. The molecule has 0 aliphatic carbocycles. The number of nitrogens with zero attached hydrogens (tertiary/aromatic N) is 1. The average Bonchev–Trinajstić information content (AvgIpc) is 2.47. The predicted molar refractivity (Wildman–Crippen MR) is 99.5 cm³/mol. The first-order chi connectivity index (χ1) is 9.80. The smallest absolute Gasteiger partial charge is 0.191 e. The van der Waals surface area contributed by atoms with Crippen LogP contribution in [-0.2, 0) is 6.42 Å². The van der Waals surface area contributed by atoms with Gasteiger partial charge in [0.2, 0.25) is 0 Å². The number of halogens is 1. The first kappa shape index (κ1) is 19.6. The molecule has 1 aromatic rings. The van der Waals surface area contributed by atoms with Crippen molar-refractivity contribution in [3.63, 3.8) is 0 Å². The van der Waals surface area contributed by atoms with Crippen LogP contribution >= 0.6 is 24.0 Å². The number of hydrogen-bond donors (Lipinski definition) is 2. The molecule has 0 atom stereocenters. The van der Waals surface area contributed by atoms with Crippen molar-refractivity contribution in [3.8, 4) is 18.1 Å². The lowest BCUT2D eigenvalue weighted by Gasteiger charge is -2.09. The van der Waals surface area contributed by atoms with E-state index in [0.717, 1.165) is 37.8 Å². The molecule has 0 spiro atoms. The molecule has 0 aromatic heterocycles. The highest BCUT2D eigenvalue weighted by Gasteiger charge is 1.97. The Morgan fingerprint density at radius 1 is 1.19 bits per heavy atom. The van der Waals surface area contributed by atoms with Crippen LogP contribution in [0.2, 0.25) is 0 Å². The maximum Gasteiger partial charge on any atom is 0.191 e. The molecule has 0 radical (unpaired) electrons. The minimum atomic E-state index is 0. The van der Waals surface area contributed by atoms with E-state index in [9.17, 15) is 0 Å². The van der Waals surface area contributed by atoms with Crippen LogP contribution in [-0.4, -0.2) is 32.2 Å². The lowest BCUT2D eigenvalue weighted by atomic mass is 10.1. The summed E-state index contributed by atoms with van der Waals surface area (Å²) in [6, 6.07) is 7.96. The van der Waals surface area contributed by atoms with Gasteiger partial charge in [0.15, 0.2) is 5.96 Å². The van der Waals surface area contributed by atoms with Gasteiger partial charge in [-0.05, 0) is 38.0 Å². The fraction of sp³-hybridized carbons (Fsp3) is 0.438. The van der Waals surface area contributed by atoms with Gasteiger partial charge in [-0.25, -0.2) is 0 Å². The Morgan fingerprint density at radius 2 is 1.81 bits per heavy atom. The number of rotatable bonds is 7. The summed E-state index contributed by atoms with van der Waals surface area (Å²) >= 11 is 0. The van der Waals surface area contributed by atoms with Crippen LogP contribution in [0.4, 0.5) is 0 Å². The van der Waals surface area contributed by atoms with Gasteiger partial charge in [0.1, 0.15) is 12.4 Å². The van der Waals surface area contributed by atoms with Gasteiger partial charge in [-0.15, -0.1) is 30.4 Å². The van der Waals surface area contributed by atoms with Crippen molar-refractivity contribution in [2.24, 2.45) is 4.99 Å². The third kappa shape index (κ3) is 8.45. The summed E-state index contributed by atoms with van der Waals surface area (Å²) in [5.41, 5.74) is 1.23. The van der Waals surface area contributed by atoms with Crippen molar-refractivity contribution in [3.05, 3.63) is 29.8 Å². The number of aliphatic imine (C=N–C) groups is 1. The molecule has 2 N–H and O–H groups in total. The van der Waals surface area contributed by atoms with E-state index in [1.54, 1.807) is 0 Å². The van der Waals surface area contributed by atoms with E-state index in [4.69, 9.17) is 11.2 Å². The number of benzene rings is 1. The second-order valence-electron chi connectivity index (χ2n) is 4.18. The molecule has 0 saturated carbocycles. The Kier molecular flexibility index (Phi) is 11.5. The number of hydrogen-bond acceptors (Lipinski definition) is 2. The molecule has 0 fully saturated rings. The molecule has 116 valence electrons. The maximum absolute atomic E-state index is 5.33. The van der Waals surface area contributed by atoms with Crippen molar-refractivity contribution in [2.45, 2.75) is 20.3 Å². The quantitative estimate of drug-likeness (QED) is 0.319. The van der Waals surface area contributed by atoms with Crippen molar-refractivity contribution in [2.75, 3.05) is 26.2 Å². The fourth-order valence-corrected chi connectivity index (χ4v) is 1.68. The third-order valence-corrected chi connectivity index (χ3v) is 2.60. The highest BCUT2D eigenvalue weighted by molar-refractivity contribution is 14.0. The van der Waals surface area contributed by atoms with E-state index in [1.165, 1.54) is 5.56 Å². The van der Waals surface area contributed by atoms with E-state index < -0.39 is 0 Å². The molecule has 1 rings (SSSR count). The summed E-state index contributed by atoms with van der Waals surface area (Å²) < 4.78 is 5.33. The third-order valence-electron chi connectivity index (χ3n) is 2.60. The molecule has 0 unspecified atom stereocenters. The standard InChI is InChI=1S/C16H23N3O.HI/c1-4-13-20-15-9-7-14(8-10-15)11-12-19-16(17-5-2)18-6-3;/h1,7-10H,5-6,11-13H2,2-3H3,(H2,17,18,19);1H. The zero-order chi connectivity index (χ0) is 14.6. The second kappa shape index (κ2) is 12.3. The van der Waals surface area contributed by atoms with Crippen LogP contribution in [0.25, 0.3) is 0 Å². The molecule has 1 aromatic carbocycles. The Labute approximate surface area is 144 Å². The number of nitrogens with one attached hydrogen (secondary N) is 2. The van der Waals surface area contributed by atoms with Crippen LogP contribution in [0.3, 0.4) is 0 Å². The molecule has 4 nitrogen and oxygen atoms in total. The zero-order valence-corrected chi connectivity index (χ0v) is 15.0. The van der Waals surface area contributed by atoms with Gasteiger partial charge in [-0.1, -0.05) is 18.1 Å². The van der Waals surface area contributed by atoms with Gasteiger partial charge in [0, 0.05) is 19.6 Å². The summed E-state index contributed by atoms with van der Waals surface area (Å²) in [7, 11) is 0. The van der Waals surface area contributed by atoms with Gasteiger partial charge in [0.05, 0.1) is 0 Å².